The molecule has 1 aromatic heterocycles. The molecule has 3 rings (SSSR count). The molecule has 0 saturated carbocycles. The lowest BCUT2D eigenvalue weighted by Crippen LogP contribution is -2.46. The van der Waals surface area contributed by atoms with E-state index in [1.54, 1.807) is 12.1 Å². The van der Waals surface area contributed by atoms with Crippen molar-refractivity contribution in [2.75, 3.05) is 0 Å². The Labute approximate surface area is 162 Å². The summed E-state index contributed by atoms with van der Waals surface area (Å²) >= 11 is 11.0. The van der Waals surface area contributed by atoms with Crippen LogP contribution in [-0.4, -0.2) is 15.6 Å². The van der Waals surface area contributed by atoms with Crippen molar-refractivity contribution in [2.45, 2.75) is 6.54 Å². The molecule has 0 atom stereocenters. The van der Waals surface area contributed by atoms with Gasteiger partial charge in [-0.15, -0.1) is 0 Å². The zero-order valence-corrected chi connectivity index (χ0v) is 15.3. The van der Waals surface area contributed by atoms with Crippen LogP contribution in [-0.2, 0) is 6.54 Å². The second-order valence-corrected chi connectivity index (χ2v) is 6.37. The molecule has 26 heavy (non-hydrogen) atoms. The van der Waals surface area contributed by atoms with E-state index in [4.69, 9.17) is 23.8 Å². The number of amides is 1. The molecule has 2 aromatic carbocycles. The number of rotatable bonds is 4. The van der Waals surface area contributed by atoms with Gasteiger partial charge in [-0.3, -0.25) is 15.6 Å². The molecule has 0 aliphatic carbocycles. The van der Waals surface area contributed by atoms with Gasteiger partial charge in [0.15, 0.2) is 5.11 Å². The molecule has 7 heteroatoms. The highest BCUT2D eigenvalue weighted by molar-refractivity contribution is 7.80. The van der Waals surface area contributed by atoms with Crippen LogP contribution in [0.25, 0.3) is 5.69 Å². The fraction of sp³-hybridized carbons (Fsp3) is 0.0526. The Balaban J connectivity index is 1.47. The van der Waals surface area contributed by atoms with Gasteiger partial charge in [0.1, 0.15) is 0 Å². The fourth-order valence-corrected chi connectivity index (χ4v) is 2.56. The second kappa shape index (κ2) is 8.51. The van der Waals surface area contributed by atoms with Crippen molar-refractivity contribution in [1.82, 2.24) is 20.7 Å². The highest BCUT2D eigenvalue weighted by Crippen LogP contribution is 2.10. The first-order chi connectivity index (χ1) is 12.6. The summed E-state index contributed by atoms with van der Waals surface area (Å²) in [6.07, 6.45) is 3.89. The number of hydrogen-bond donors (Lipinski definition) is 3. The van der Waals surface area contributed by atoms with Crippen LogP contribution in [0.2, 0.25) is 5.02 Å². The van der Waals surface area contributed by atoms with Crippen LogP contribution >= 0.6 is 23.8 Å². The first kappa shape index (κ1) is 18.0. The maximum atomic E-state index is 12.2. The molecule has 3 N–H and O–H groups in total. The lowest BCUT2D eigenvalue weighted by Gasteiger charge is -2.12. The van der Waals surface area contributed by atoms with Crippen molar-refractivity contribution in [2.24, 2.45) is 0 Å². The quantitative estimate of drug-likeness (QED) is 0.476. The van der Waals surface area contributed by atoms with E-state index in [0.717, 1.165) is 11.3 Å². The highest BCUT2D eigenvalue weighted by atomic mass is 35.5. The van der Waals surface area contributed by atoms with Crippen LogP contribution in [0.15, 0.2) is 73.1 Å². The summed E-state index contributed by atoms with van der Waals surface area (Å²) in [6, 6.07) is 18.6. The highest BCUT2D eigenvalue weighted by Gasteiger charge is 2.06. The summed E-state index contributed by atoms with van der Waals surface area (Å²) in [7, 11) is 0. The van der Waals surface area contributed by atoms with E-state index >= 15 is 0 Å². The third-order valence-corrected chi connectivity index (χ3v) is 4.19. The minimum absolute atomic E-state index is 0.264. The number of benzene rings is 2. The van der Waals surface area contributed by atoms with Gasteiger partial charge in [0, 0.05) is 35.2 Å². The first-order valence-electron chi connectivity index (χ1n) is 7.94. The summed E-state index contributed by atoms with van der Waals surface area (Å²) in [4.78, 5) is 12.2. The SMILES string of the molecule is O=C(NNC(=S)NCc1ccc(Cl)cc1)c1ccc(-n2cccc2)cc1. The van der Waals surface area contributed by atoms with E-state index < -0.39 is 0 Å². The summed E-state index contributed by atoms with van der Waals surface area (Å²) in [6.45, 7) is 0.532. The number of nitrogens with zero attached hydrogens (tertiary/aromatic N) is 1. The molecule has 0 bridgehead atoms. The number of nitrogens with one attached hydrogen (secondary N) is 3. The minimum Gasteiger partial charge on any atom is -0.357 e. The van der Waals surface area contributed by atoms with E-state index in [-0.39, 0.29) is 5.91 Å². The first-order valence-corrected chi connectivity index (χ1v) is 8.72. The van der Waals surface area contributed by atoms with Gasteiger partial charge in [-0.25, -0.2) is 0 Å². The molecule has 5 nitrogen and oxygen atoms in total. The average Bonchev–Trinajstić information content (AvgIpc) is 3.20. The zero-order valence-electron chi connectivity index (χ0n) is 13.8. The van der Waals surface area contributed by atoms with Gasteiger partial charge in [-0.2, -0.15) is 0 Å². The molecular weight excluding hydrogens is 368 g/mol. The standard InChI is InChI=1S/C19H17ClN4OS/c20-16-7-3-14(4-8-16)13-21-19(26)23-22-18(25)15-5-9-17(10-6-15)24-11-1-2-12-24/h1-12H,13H2,(H,22,25)(H2,21,23,26). The van der Waals surface area contributed by atoms with E-state index in [1.807, 2.05) is 65.5 Å². The van der Waals surface area contributed by atoms with E-state index in [1.165, 1.54) is 0 Å². The van der Waals surface area contributed by atoms with Gasteiger partial charge >= 0.3 is 0 Å². The number of hydrogen-bond acceptors (Lipinski definition) is 2. The Kier molecular flexibility index (Phi) is 5.88. The number of carbonyl (C=O) groups excluding carboxylic acids is 1. The Hall–Kier alpha value is -2.83. The normalized spacial score (nSPS) is 10.2. The van der Waals surface area contributed by atoms with Crippen molar-refractivity contribution in [3.8, 4) is 5.69 Å². The van der Waals surface area contributed by atoms with Crippen molar-refractivity contribution in [3.05, 3.63) is 89.2 Å². The molecule has 0 unspecified atom stereocenters. The maximum Gasteiger partial charge on any atom is 0.269 e. The molecule has 0 saturated heterocycles. The predicted molar refractivity (Wildman–Crippen MR) is 107 cm³/mol. The lowest BCUT2D eigenvalue weighted by molar-refractivity contribution is 0.0943. The molecule has 1 heterocycles. The smallest absolute Gasteiger partial charge is 0.269 e. The largest absolute Gasteiger partial charge is 0.357 e. The summed E-state index contributed by atoms with van der Waals surface area (Å²) < 4.78 is 1.97. The van der Waals surface area contributed by atoms with Crippen molar-refractivity contribution in [1.29, 1.82) is 0 Å². The number of thiocarbonyl (C=S) groups is 1. The monoisotopic (exact) mass is 384 g/mol. The van der Waals surface area contributed by atoms with Crippen molar-refractivity contribution in [3.63, 3.8) is 0 Å². The zero-order chi connectivity index (χ0) is 18.4. The lowest BCUT2D eigenvalue weighted by atomic mass is 10.2. The Bertz CT molecular complexity index is 877. The molecule has 0 radical (unpaired) electrons. The van der Waals surface area contributed by atoms with Gasteiger partial charge in [-0.1, -0.05) is 23.7 Å². The van der Waals surface area contributed by atoms with E-state index in [2.05, 4.69) is 16.2 Å². The molecule has 0 aliphatic rings. The third-order valence-electron chi connectivity index (χ3n) is 3.69. The Morgan fingerprint density at radius 3 is 2.27 bits per heavy atom. The molecule has 1 amide bonds. The number of carbonyl (C=O) groups is 1. The molecule has 132 valence electrons. The second-order valence-electron chi connectivity index (χ2n) is 5.53. The van der Waals surface area contributed by atoms with E-state index in [9.17, 15) is 4.79 Å². The third kappa shape index (κ3) is 4.84. The van der Waals surface area contributed by atoms with Gasteiger partial charge in [0.25, 0.3) is 5.91 Å². The molecule has 0 spiro atoms. The van der Waals surface area contributed by atoms with Gasteiger partial charge in [-0.05, 0) is 66.3 Å². The average molecular weight is 385 g/mol. The van der Waals surface area contributed by atoms with E-state index in [0.29, 0.717) is 22.2 Å². The number of aromatic nitrogens is 1. The summed E-state index contributed by atoms with van der Waals surface area (Å²) in [5.74, 6) is -0.264. The topological polar surface area (TPSA) is 58.1 Å². The van der Waals surface area contributed by atoms with Gasteiger partial charge in [0.2, 0.25) is 0 Å². The van der Waals surface area contributed by atoms with Gasteiger partial charge < -0.3 is 9.88 Å². The maximum absolute atomic E-state index is 12.2. The van der Waals surface area contributed by atoms with Crippen LogP contribution in [0, 0.1) is 0 Å². The molecule has 0 aliphatic heterocycles. The van der Waals surface area contributed by atoms with Crippen molar-refractivity contribution >= 4 is 34.8 Å². The number of halogens is 1. The molecule has 3 aromatic rings. The van der Waals surface area contributed by atoms with Crippen molar-refractivity contribution < 1.29 is 4.79 Å². The van der Waals surface area contributed by atoms with Crippen LogP contribution in [0.5, 0.6) is 0 Å². The van der Waals surface area contributed by atoms with Crippen LogP contribution in [0.3, 0.4) is 0 Å². The summed E-state index contributed by atoms with van der Waals surface area (Å²) in [5, 5.41) is 4.03. The Morgan fingerprint density at radius 2 is 1.62 bits per heavy atom. The van der Waals surface area contributed by atoms with Crippen LogP contribution in [0.4, 0.5) is 0 Å². The Morgan fingerprint density at radius 1 is 0.962 bits per heavy atom. The molecular formula is C19H17ClN4OS. The van der Waals surface area contributed by atoms with Crippen LogP contribution in [0.1, 0.15) is 15.9 Å². The fourth-order valence-electron chi connectivity index (χ4n) is 2.31. The summed E-state index contributed by atoms with van der Waals surface area (Å²) in [5.41, 5.74) is 7.83. The predicted octanol–water partition coefficient (Wildman–Crippen LogP) is 3.44. The van der Waals surface area contributed by atoms with Gasteiger partial charge in [0.05, 0.1) is 0 Å². The van der Waals surface area contributed by atoms with Crippen LogP contribution < -0.4 is 16.2 Å². The molecule has 0 fully saturated rings. The number of hydrazine groups is 1. The minimum atomic E-state index is -0.264.